The normalized spacial score (nSPS) is 19.1. The van der Waals surface area contributed by atoms with Gasteiger partial charge in [0.25, 0.3) is 5.91 Å². The Morgan fingerprint density at radius 1 is 1.22 bits per heavy atom. The molecule has 6 nitrogen and oxygen atoms in total. The minimum absolute atomic E-state index is 0.369. The first-order valence-corrected chi connectivity index (χ1v) is 9.78. The van der Waals surface area contributed by atoms with Gasteiger partial charge in [0, 0.05) is 21.2 Å². The molecule has 27 heavy (non-hydrogen) atoms. The number of rotatable bonds is 5. The van der Waals surface area contributed by atoms with Crippen LogP contribution in [-0.4, -0.2) is 35.5 Å². The maximum Gasteiger partial charge on any atom is 0.325 e. The van der Waals surface area contributed by atoms with Crippen molar-refractivity contribution in [1.82, 2.24) is 10.2 Å². The van der Waals surface area contributed by atoms with Crippen molar-refractivity contribution in [2.75, 3.05) is 18.1 Å². The average molecular weight is 404 g/mol. The second-order valence-corrected chi connectivity index (χ2v) is 7.49. The molecular formula is C19H18ClN3O3S. The van der Waals surface area contributed by atoms with E-state index in [1.807, 2.05) is 24.5 Å². The van der Waals surface area contributed by atoms with Crippen molar-refractivity contribution in [2.45, 2.75) is 17.4 Å². The Morgan fingerprint density at radius 3 is 2.67 bits per heavy atom. The summed E-state index contributed by atoms with van der Waals surface area (Å²) in [5.41, 5.74) is -0.220. The highest BCUT2D eigenvalue weighted by atomic mass is 35.5. The van der Waals surface area contributed by atoms with Gasteiger partial charge < -0.3 is 10.6 Å². The molecule has 0 radical (unpaired) electrons. The first-order chi connectivity index (χ1) is 12.8. The number of hydrogen-bond acceptors (Lipinski definition) is 4. The summed E-state index contributed by atoms with van der Waals surface area (Å²) in [5, 5.41) is 5.72. The van der Waals surface area contributed by atoms with Gasteiger partial charge in [-0.25, -0.2) is 4.79 Å². The summed E-state index contributed by atoms with van der Waals surface area (Å²) in [6.07, 6.45) is 1.93. The SMILES string of the molecule is CSc1cccc(NC(=O)CN2C(=O)N[C@](C)(c3ccccc3Cl)C2=O)c1. The lowest BCUT2D eigenvalue weighted by Crippen LogP contribution is -2.42. The molecule has 3 rings (SSSR count). The van der Waals surface area contributed by atoms with Gasteiger partial charge in [-0.2, -0.15) is 0 Å². The van der Waals surface area contributed by atoms with Crippen LogP contribution in [0.15, 0.2) is 53.4 Å². The van der Waals surface area contributed by atoms with Crippen LogP contribution in [0.4, 0.5) is 10.5 Å². The Kier molecular flexibility index (Phi) is 5.43. The van der Waals surface area contributed by atoms with Gasteiger partial charge in [0.15, 0.2) is 0 Å². The van der Waals surface area contributed by atoms with Crippen molar-refractivity contribution in [3.8, 4) is 0 Å². The molecule has 0 spiro atoms. The van der Waals surface area contributed by atoms with Gasteiger partial charge in [-0.3, -0.25) is 14.5 Å². The lowest BCUT2D eigenvalue weighted by atomic mass is 9.92. The van der Waals surface area contributed by atoms with Crippen LogP contribution in [0.3, 0.4) is 0 Å². The number of carbonyl (C=O) groups excluding carboxylic acids is 3. The molecule has 0 aliphatic carbocycles. The number of halogens is 1. The van der Waals surface area contributed by atoms with Gasteiger partial charge in [0.05, 0.1) is 0 Å². The maximum absolute atomic E-state index is 12.9. The van der Waals surface area contributed by atoms with E-state index in [0.717, 1.165) is 9.80 Å². The highest BCUT2D eigenvalue weighted by molar-refractivity contribution is 7.98. The van der Waals surface area contributed by atoms with Crippen LogP contribution >= 0.6 is 23.4 Å². The highest BCUT2D eigenvalue weighted by Gasteiger charge is 2.50. The van der Waals surface area contributed by atoms with E-state index in [1.165, 1.54) is 0 Å². The van der Waals surface area contributed by atoms with Crippen molar-refractivity contribution in [3.63, 3.8) is 0 Å². The van der Waals surface area contributed by atoms with Crippen molar-refractivity contribution in [2.24, 2.45) is 0 Å². The first-order valence-electron chi connectivity index (χ1n) is 8.18. The third-order valence-electron chi connectivity index (χ3n) is 4.34. The van der Waals surface area contributed by atoms with Crippen LogP contribution in [-0.2, 0) is 15.1 Å². The zero-order valence-corrected chi connectivity index (χ0v) is 16.4. The standard InChI is InChI=1S/C19H18ClN3O3S/c1-19(14-8-3-4-9-15(14)20)17(25)23(18(26)22-19)11-16(24)21-12-6-5-7-13(10-12)27-2/h3-10H,11H2,1-2H3,(H,21,24)(H,22,26)/t19-/m1/s1. The number of benzene rings is 2. The second kappa shape index (κ2) is 7.62. The van der Waals surface area contributed by atoms with E-state index < -0.39 is 23.4 Å². The highest BCUT2D eigenvalue weighted by Crippen LogP contribution is 2.33. The third-order valence-corrected chi connectivity index (χ3v) is 5.40. The first kappa shape index (κ1) is 19.3. The van der Waals surface area contributed by atoms with E-state index in [2.05, 4.69) is 10.6 Å². The summed E-state index contributed by atoms with van der Waals surface area (Å²) in [6.45, 7) is 1.20. The number of imide groups is 1. The molecule has 0 bridgehead atoms. The van der Waals surface area contributed by atoms with Gasteiger partial charge in [0.1, 0.15) is 12.1 Å². The van der Waals surface area contributed by atoms with Crippen molar-refractivity contribution in [3.05, 3.63) is 59.1 Å². The Bertz CT molecular complexity index is 921. The van der Waals surface area contributed by atoms with Gasteiger partial charge in [-0.15, -0.1) is 11.8 Å². The van der Waals surface area contributed by atoms with E-state index in [0.29, 0.717) is 16.3 Å². The zero-order chi connectivity index (χ0) is 19.6. The fourth-order valence-electron chi connectivity index (χ4n) is 2.93. The molecule has 8 heteroatoms. The van der Waals surface area contributed by atoms with E-state index in [1.54, 1.807) is 49.0 Å². The van der Waals surface area contributed by atoms with Crippen molar-refractivity contribution in [1.29, 1.82) is 0 Å². The number of nitrogens with one attached hydrogen (secondary N) is 2. The van der Waals surface area contributed by atoms with Gasteiger partial charge in [-0.05, 0) is 37.4 Å². The van der Waals surface area contributed by atoms with E-state index in [9.17, 15) is 14.4 Å². The molecule has 1 atom stereocenters. The largest absolute Gasteiger partial charge is 0.325 e. The zero-order valence-electron chi connectivity index (χ0n) is 14.8. The number of amides is 4. The summed E-state index contributed by atoms with van der Waals surface area (Å²) in [7, 11) is 0. The fraction of sp³-hybridized carbons (Fsp3) is 0.211. The Morgan fingerprint density at radius 2 is 1.96 bits per heavy atom. The second-order valence-electron chi connectivity index (χ2n) is 6.21. The van der Waals surface area contributed by atoms with Gasteiger partial charge >= 0.3 is 6.03 Å². The van der Waals surface area contributed by atoms with Crippen LogP contribution in [0.25, 0.3) is 0 Å². The number of urea groups is 1. The molecular weight excluding hydrogens is 386 g/mol. The van der Waals surface area contributed by atoms with E-state index in [4.69, 9.17) is 11.6 Å². The molecule has 1 aliphatic heterocycles. The van der Waals surface area contributed by atoms with Crippen LogP contribution in [0.1, 0.15) is 12.5 Å². The van der Waals surface area contributed by atoms with Gasteiger partial charge in [-0.1, -0.05) is 35.9 Å². The molecule has 2 aromatic rings. The topological polar surface area (TPSA) is 78.5 Å². The quantitative estimate of drug-likeness (QED) is 0.592. The molecule has 2 N–H and O–H groups in total. The summed E-state index contributed by atoms with van der Waals surface area (Å²) in [6, 6.07) is 13.5. The molecule has 1 fully saturated rings. The van der Waals surface area contributed by atoms with E-state index in [-0.39, 0.29) is 6.54 Å². The van der Waals surface area contributed by atoms with Crippen LogP contribution in [0.2, 0.25) is 5.02 Å². The molecule has 1 saturated heterocycles. The number of anilines is 1. The third kappa shape index (κ3) is 3.79. The minimum atomic E-state index is -1.31. The monoisotopic (exact) mass is 403 g/mol. The molecule has 4 amide bonds. The molecule has 140 valence electrons. The average Bonchev–Trinajstić information content (AvgIpc) is 2.86. The number of thioether (sulfide) groups is 1. The molecule has 1 aliphatic rings. The number of hydrogen-bond donors (Lipinski definition) is 2. The van der Waals surface area contributed by atoms with E-state index >= 15 is 0 Å². The molecule has 2 aromatic carbocycles. The maximum atomic E-state index is 12.9. The summed E-state index contributed by atoms with van der Waals surface area (Å²) < 4.78 is 0. The Balaban J connectivity index is 1.75. The van der Waals surface area contributed by atoms with Crippen LogP contribution < -0.4 is 10.6 Å². The lowest BCUT2D eigenvalue weighted by Gasteiger charge is -2.23. The number of nitrogens with zero attached hydrogens (tertiary/aromatic N) is 1. The molecule has 0 unspecified atom stereocenters. The summed E-state index contributed by atoms with van der Waals surface area (Å²) in [4.78, 5) is 39.5. The van der Waals surface area contributed by atoms with Gasteiger partial charge in [0.2, 0.25) is 5.91 Å². The smallest absolute Gasteiger partial charge is 0.324 e. The Labute approximate surface area is 166 Å². The molecule has 1 heterocycles. The van der Waals surface area contributed by atoms with Crippen LogP contribution in [0, 0.1) is 0 Å². The van der Waals surface area contributed by atoms with Crippen molar-refractivity contribution < 1.29 is 14.4 Å². The summed E-state index contributed by atoms with van der Waals surface area (Å²) >= 11 is 7.74. The van der Waals surface area contributed by atoms with Crippen molar-refractivity contribution >= 4 is 46.9 Å². The minimum Gasteiger partial charge on any atom is -0.324 e. The predicted molar refractivity (Wildman–Crippen MR) is 106 cm³/mol. The molecule has 0 aromatic heterocycles. The summed E-state index contributed by atoms with van der Waals surface area (Å²) in [5.74, 6) is -0.978. The number of carbonyl (C=O) groups is 3. The fourth-order valence-corrected chi connectivity index (χ4v) is 3.72. The van der Waals surface area contributed by atoms with Crippen LogP contribution in [0.5, 0.6) is 0 Å². The lowest BCUT2D eigenvalue weighted by molar-refractivity contribution is -0.133. The predicted octanol–water partition coefficient (Wildman–Crippen LogP) is 3.47. The molecule has 0 saturated carbocycles. The Hall–Kier alpha value is -2.51.